The van der Waals surface area contributed by atoms with Gasteiger partial charge >= 0.3 is 6.09 Å². The van der Waals surface area contributed by atoms with Crippen molar-refractivity contribution in [2.24, 2.45) is 29.4 Å². The summed E-state index contributed by atoms with van der Waals surface area (Å²) in [6, 6.07) is 0.0265. The van der Waals surface area contributed by atoms with E-state index in [4.69, 9.17) is 15.2 Å². The predicted octanol–water partition coefficient (Wildman–Crippen LogP) is 3.00. The third-order valence-corrected chi connectivity index (χ3v) is 7.88. The summed E-state index contributed by atoms with van der Waals surface area (Å²) in [5, 5.41) is 10.7. The number of hydrogen-bond acceptors (Lipinski definition) is 6. The van der Waals surface area contributed by atoms with Crippen molar-refractivity contribution < 1.29 is 23.9 Å². The maximum atomic E-state index is 13.5. The number of ether oxygens (including phenoxy) is 2. The first-order valence-corrected chi connectivity index (χ1v) is 13.1. The molecule has 4 N–H and O–H groups in total. The SMILES string of the molecule is CC(=O)NC(C)(C)CCn1ncc(C(=O)NC2C3CC4CC2CC(OC(N)=O)(C4)C3)c1OCC(C)C. The number of hydrogen-bond donors (Lipinski definition) is 3. The lowest BCUT2D eigenvalue weighted by Crippen LogP contribution is -2.63. The highest BCUT2D eigenvalue weighted by molar-refractivity contribution is 5.96. The molecular formula is C26H41N5O5. The van der Waals surface area contributed by atoms with E-state index in [0.29, 0.717) is 36.9 Å². The van der Waals surface area contributed by atoms with Crippen molar-refractivity contribution in [1.29, 1.82) is 0 Å². The van der Waals surface area contributed by atoms with E-state index < -0.39 is 17.2 Å². The topological polar surface area (TPSA) is 138 Å². The zero-order valence-corrected chi connectivity index (χ0v) is 22.1. The molecule has 4 aliphatic rings. The quantitative estimate of drug-likeness (QED) is 0.449. The molecule has 0 aliphatic heterocycles. The molecule has 4 bridgehead atoms. The van der Waals surface area contributed by atoms with E-state index in [9.17, 15) is 14.4 Å². The number of carbonyl (C=O) groups excluding carboxylic acids is 3. The Kier molecular flexibility index (Phi) is 7.26. The van der Waals surface area contributed by atoms with Crippen molar-refractivity contribution in [3.8, 4) is 5.88 Å². The number of carbonyl (C=O) groups is 3. The van der Waals surface area contributed by atoms with Crippen molar-refractivity contribution >= 4 is 17.9 Å². The second-order valence-electron chi connectivity index (χ2n) is 12.2. The lowest BCUT2D eigenvalue weighted by atomic mass is 9.52. The van der Waals surface area contributed by atoms with Gasteiger partial charge in [0.2, 0.25) is 11.8 Å². The summed E-state index contributed by atoms with van der Waals surface area (Å²) in [4.78, 5) is 36.6. The molecule has 3 amide bonds. The molecule has 200 valence electrons. The van der Waals surface area contributed by atoms with Crippen LogP contribution in [0.25, 0.3) is 0 Å². The number of primary amides is 1. The molecule has 5 rings (SSSR count). The first kappa shape index (κ1) is 26.3. The molecule has 10 nitrogen and oxygen atoms in total. The molecule has 4 saturated carbocycles. The second kappa shape index (κ2) is 9.94. The number of aromatic nitrogens is 2. The average Bonchev–Trinajstić information content (AvgIpc) is 3.14. The Balaban J connectivity index is 1.48. The first-order chi connectivity index (χ1) is 16.9. The minimum Gasteiger partial charge on any atom is -0.477 e. The molecule has 0 spiro atoms. The van der Waals surface area contributed by atoms with Crippen LogP contribution in [0, 0.1) is 23.7 Å². The summed E-state index contributed by atoms with van der Waals surface area (Å²) in [7, 11) is 0. The number of nitrogens with two attached hydrogens (primary N) is 1. The maximum Gasteiger partial charge on any atom is 0.405 e. The second-order valence-corrected chi connectivity index (χ2v) is 12.2. The van der Waals surface area contributed by atoms with Gasteiger partial charge in [-0.05, 0) is 76.0 Å². The zero-order valence-electron chi connectivity index (χ0n) is 22.1. The van der Waals surface area contributed by atoms with E-state index in [1.807, 2.05) is 13.8 Å². The Hall–Kier alpha value is -2.78. The number of aryl methyl sites for hydroxylation is 1. The third kappa shape index (κ3) is 5.78. The third-order valence-electron chi connectivity index (χ3n) is 7.88. The van der Waals surface area contributed by atoms with E-state index in [0.717, 1.165) is 32.1 Å². The Bertz CT molecular complexity index is 987. The van der Waals surface area contributed by atoms with Gasteiger partial charge in [-0.2, -0.15) is 5.10 Å². The highest BCUT2D eigenvalue weighted by Crippen LogP contribution is 2.57. The van der Waals surface area contributed by atoms with Crippen molar-refractivity contribution in [2.45, 2.75) is 96.9 Å². The van der Waals surface area contributed by atoms with Gasteiger partial charge in [0.25, 0.3) is 5.91 Å². The molecule has 0 saturated heterocycles. The maximum absolute atomic E-state index is 13.5. The molecule has 4 fully saturated rings. The first-order valence-electron chi connectivity index (χ1n) is 13.1. The van der Waals surface area contributed by atoms with E-state index in [-0.39, 0.29) is 35.6 Å². The van der Waals surface area contributed by atoms with Gasteiger partial charge in [-0.25, -0.2) is 9.48 Å². The van der Waals surface area contributed by atoms with Gasteiger partial charge in [0.05, 0.1) is 12.8 Å². The standard InChI is InChI=1S/C26H41N5O5/c1-15(2)14-35-23-20(13-28-31(23)7-6-25(4,5)30-16(3)32)22(33)29-21-18-8-17-9-19(21)12-26(10-17,11-18)36-24(27)34/h13,15,17-19,21H,6-12,14H2,1-5H3,(H2,27,34)(H,29,33)(H,30,32). The lowest BCUT2D eigenvalue weighted by molar-refractivity contribution is -0.137. The number of nitrogens with zero attached hydrogens (tertiary/aromatic N) is 2. The predicted molar refractivity (Wildman–Crippen MR) is 133 cm³/mol. The van der Waals surface area contributed by atoms with Gasteiger partial charge in [0.1, 0.15) is 11.2 Å². The monoisotopic (exact) mass is 503 g/mol. The molecule has 10 heteroatoms. The molecule has 36 heavy (non-hydrogen) atoms. The minimum atomic E-state index is -0.710. The summed E-state index contributed by atoms with van der Waals surface area (Å²) in [6.07, 6.45) is 5.90. The fourth-order valence-corrected chi connectivity index (χ4v) is 6.76. The van der Waals surface area contributed by atoms with Crippen LogP contribution >= 0.6 is 0 Å². The van der Waals surface area contributed by atoms with Crippen molar-refractivity contribution in [1.82, 2.24) is 20.4 Å². The Labute approximate surface area is 213 Å². The van der Waals surface area contributed by atoms with E-state index in [1.54, 1.807) is 10.9 Å². The number of amides is 3. The lowest BCUT2D eigenvalue weighted by Gasteiger charge is -2.58. The van der Waals surface area contributed by atoms with E-state index in [2.05, 4.69) is 29.6 Å². The summed E-state index contributed by atoms with van der Waals surface area (Å²) >= 11 is 0. The van der Waals surface area contributed by atoms with Crippen LogP contribution in [0.3, 0.4) is 0 Å². The minimum absolute atomic E-state index is 0.0265. The van der Waals surface area contributed by atoms with Gasteiger partial charge < -0.3 is 25.8 Å². The van der Waals surface area contributed by atoms with Crippen LogP contribution in [-0.2, 0) is 16.1 Å². The van der Waals surface area contributed by atoms with Gasteiger partial charge in [0, 0.05) is 25.0 Å². The van der Waals surface area contributed by atoms with Crippen molar-refractivity contribution in [2.75, 3.05) is 6.61 Å². The normalized spacial score (nSPS) is 28.7. The van der Waals surface area contributed by atoms with Crippen LogP contribution in [0.15, 0.2) is 6.20 Å². The molecule has 4 aliphatic carbocycles. The van der Waals surface area contributed by atoms with Crippen LogP contribution in [-0.4, -0.2) is 51.5 Å². The Morgan fingerprint density at radius 1 is 1.22 bits per heavy atom. The summed E-state index contributed by atoms with van der Waals surface area (Å²) in [5.74, 6) is 1.48. The zero-order chi connectivity index (χ0) is 26.3. The highest BCUT2D eigenvalue weighted by atomic mass is 16.6. The van der Waals surface area contributed by atoms with Crippen LogP contribution in [0.2, 0.25) is 0 Å². The van der Waals surface area contributed by atoms with Gasteiger partial charge in [-0.15, -0.1) is 0 Å². The van der Waals surface area contributed by atoms with Crippen LogP contribution in [0.1, 0.15) is 83.5 Å². The molecular weight excluding hydrogens is 462 g/mol. The smallest absolute Gasteiger partial charge is 0.405 e. The fraction of sp³-hybridized carbons (Fsp3) is 0.769. The Morgan fingerprint density at radius 2 is 1.89 bits per heavy atom. The van der Waals surface area contributed by atoms with E-state index >= 15 is 0 Å². The number of nitrogens with one attached hydrogen (secondary N) is 2. The Morgan fingerprint density at radius 3 is 2.47 bits per heavy atom. The molecule has 1 heterocycles. The molecule has 0 radical (unpaired) electrons. The summed E-state index contributed by atoms with van der Waals surface area (Å²) in [5.41, 5.74) is 4.91. The average molecular weight is 504 g/mol. The van der Waals surface area contributed by atoms with Gasteiger partial charge in [-0.1, -0.05) is 13.8 Å². The van der Waals surface area contributed by atoms with Gasteiger partial charge in [-0.3, -0.25) is 9.59 Å². The van der Waals surface area contributed by atoms with E-state index in [1.165, 1.54) is 6.92 Å². The van der Waals surface area contributed by atoms with Gasteiger partial charge in [0.15, 0.2) is 0 Å². The van der Waals surface area contributed by atoms with Crippen LogP contribution in [0.4, 0.5) is 4.79 Å². The van der Waals surface area contributed by atoms with Crippen molar-refractivity contribution in [3.05, 3.63) is 11.8 Å². The molecule has 2 unspecified atom stereocenters. The fourth-order valence-electron chi connectivity index (χ4n) is 6.76. The number of rotatable bonds is 10. The summed E-state index contributed by atoms with van der Waals surface area (Å²) in [6.45, 7) is 10.5. The molecule has 2 atom stereocenters. The largest absolute Gasteiger partial charge is 0.477 e. The summed E-state index contributed by atoms with van der Waals surface area (Å²) < 4.78 is 13.4. The molecule has 0 aromatic carbocycles. The van der Waals surface area contributed by atoms with Crippen molar-refractivity contribution in [3.63, 3.8) is 0 Å². The van der Waals surface area contributed by atoms with Crippen LogP contribution in [0.5, 0.6) is 5.88 Å². The van der Waals surface area contributed by atoms with Crippen LogP contribution < -0.4 is 21.1 Å². The highest BCUT2D eigenvalue weighted by Gasteiger charge is 2.57. The molecule has 1 aromatic heterocycles. The molecule has 1 aromatic rings.